The van der Waals surface area contributed by atoms with E-state index < -0.39 is 15.8 Å². The highest BCUT2D eigenvalue weighted by atomic mass is 32.2. The summed E-state index contributed by atoms with van der Waals surface area (Å²) < 4.78 is 44.2. The van der Waals surface area contributed by atoms with Gasteiger partial charge in [-0.25, -0.2) is 12.8 Å². The molecule has 0 fully saturated rings. The second kappa shape index (κ2) is 8.79. The summed E-state index contributed by atoms with van der Waals surface area (Å²) in [6.07, 6.45) is 1.99. The van der Waals surface area contributed by atoms with Crippen molar-refractivity contribution in [1.82, 2.24) is 9.47 Å². The summed E-state index contributed by atoms with van der Waals surface area (Å²) in [6, 6.07) is 24.8. The minimum Gasteiger partial charge on any atom is -0.348 e. The molecule has 1 N–H and O–H groups in total. The Bertz CT molecular complexity index is 1450. The smallest absolute Gasteiger partial charge is 0.262 e. The molecule has 172 valence electrons. The molecule has 1 amide bonds. The second-order valence-corrected chi connectivity index (χ2v) is 9.73. The minimum absolute atomic E-state index is 0.113. The summed E-state index contributed by atoms with van der Waals surface area (Å²) >= 11 is 0. The molecule has 1 aromatic heterocycles. The highest BCUT2D eigenvalue weighted by Gasteiger charge is 2.33. The third kappa shape index (κ3) is 4.08. The van der Waals surface area contributed by atoms with Crippen molar-refractivity contribution in [1.29, 1.82) is 0 Å². The number of aromatic nitrogens is 1. The van der Waals surface area contributed by atoms with Gasteiger partial charge in [-0.05, 0) is 48.0 Å². The molecule has 6 nitrogen and oxygen atoms in total. The van der Waals surface area contributed by atoms with E-state index in [0.717, 1.165) is 11.3 Å². The third-order valence-electron chi connectivity index (χ3n) is 5.92. The molecular weight excluding hydrogens is 453 g/mol. The Morgan fingerprint density at radius 2 is 1.65 bits per heavy atom. The number of rotatable bonds is 5. The molecule has 0 bridgehead atoms. The zero-order chi connectivity index (χ0) is 23.7. The Balaban J connectivity index is 1.48. The Morgan fingerprint density at radius 1 is 0.882 bits per heavy atom. The first-order valence-corrected chi connectivity index (χ1v) is 12.3. The summed E-state index contributed by atoms with van der Waals surface area (Å²) in [5.41, 5.74) is 2.06. The summed E-state index contributed by atoms with van der Waals surface area (Å²) in [5.74, 6) is -0.954. The number of carbonyl (C=O) groups excluding carboxylic acids is 1. The van der Waals surface area contributed by atoms with Crippen LogP contribution in [0.2, 0.25) is 0 Å². The molecule has 5 rings (SSSR count). The van der Waals surface area contributed by atoms with Gasteiger partial charge in [-0.2, -0.15) is 0 Å². The van der Waals surface area contributed by atoms with Crippen molar-refractivity contribution in [2.75, 3.05) is 11.3 Å². The van der Waals surface area contributed by atoms with Gasteiger partial charge in [0.05, 0.1) is 16.6 Å². The van der Waals surface area contributed by atoms with E-state index in [2.05, 4.69) is 9.29 Å². The van der Waals surface area contributed by atoms with Crippen LogP contribution in [0.4, 0.5) is 10.1 Å². The van der Waals surface area contributed by atoms with Gasteiger partial charge in [-0.15, -0.1) is 0 Å². The number of para-hydroxylation sites is 1. The van der Waals surface area contributed by atoms with Gasteiger partial charge in [0.15, 0.2) is 0 Å². The van der Waals surface area contributed by atoms with Crippen LogP contribution >= 0.6 is 0 Å². The number of halogens is 1. The van der Waals surface area contributed by atoms with E-state index in [1.54, 1.807) is 11.0 Å². The maximum atomic E-state index is 14.0. The van der Waals surface area contributed by atoms with Crippen LogP contribution < -0.4 is 4.72 Å². The molecule has 1 unspecified atom stereocenters. The summed E-state index contributed by atoms with van der Waals surface area (Å²) in [6.45, 7) is 1.12. The average Bonchev–Trinajstić information content (AvgIpc) is 3.34. The molecule has 0 spiro atoms. The number of hydrogen-bond acceptors (Lipinski definition) is 3. The van der Waals surface area contributed by atoms with E-state index in [0.29, 0.717) is 13.1 Å². The van der Waals surface area contributed by atoms with Crippen LogP contribution in [0.15, 0.2) is 102 Å². The summed E-state index contributed by atoms with van der Waals surface area (Å²) in [4.78, 5) is 15.3. The number of carbonyl (C=O) groups is 1. The van der Waals surface area contributed by atoms with Gasteiger partial charge in [0.25, 0.3) is 15.9 Å². The fraction of sp³-hybridized carbons (Fsp3) is 0.115. The average molecular weight is 476 g/mol. The first-order chi connectivity index (χ1) is 16.4. The lowest BCUT2D eigenvalue weighted by molar-refractivity contribution is 0.0664. The molecule has 8 heteroatoms. The Morgan fingerprint density at radius 3 is 2.44 bits per heavy atom. The molecule has 1 atom stereocenters. The van der Waals surface area contributed by atoms with E-state index in [4.69, 9.17) is 0 Å². The van der Waals surface area contributed by atoms with Crippen LogP contribution in [0.1, 0.15) is 27.7 Å². The fourth-order valence-electron chi connectivity index (χ4n) is 4.30. The van der Waals surface area contributed by atoms with Gasteiger partial charge in [0, 0.05) is 30.5 Å². The Labute approximate surface area is 197 Å². The molecular formula is C26H22FN3O3S. The maximum Gasteiger partial charge on any atom is 0.262 e. The van der Waals surface area contributed by atoms with Crippen LogP contribution in [0.25, 0.3) is 0 Å². The standard InChI is InChI=1S/C26H22FN3O3S/c27-22-12-4-5-13-23(22)28-34(32,33)21-11-6-10-20(18-21)26(31)30-17-16-29-15-7-14-24(29)25(30)19-8-2-1-3-9-19/h1-15,18,25,28H,16-17H2. The lowest BCUT2D eigenvalue weighted by Crippen LogP contribution is -2.42. The van der Waals surface area contributed by atoms with Crippen molar-refractivity contribution in [3.8, 4) is 0 Å². The van der Waals surface area contributed by atoms with Crippen molar-refractivity contribution >= 4 is 21.6 Å². The van der Waals surface area contributed by atoms with Gasteiger partial charge < -0.3 is 9.47 Å². The third-order valence-corrected chi connectivity index (χ3v) is 7.29. The molecule has 3 aromatic carbocycles. The van der Waals surface area contributed by atoms with Gasteiger partial charge in [0.1, 0.15) is 5.82 Å². The van der Waals surface area contributed by atoms with Crippen molar-refractivity contribution in [3.05, 3.63) is 120 Å². The van der Waals surface area contributed by atoms with Gasteiger partial charge >= 0.3 is 0 Å². The second-order valence-electron chi connectivity index (χ2n) is 8.05. The van der Waals surface area contributed by atoms with E-state index in [1.807, 2.05) is 48.7 Å². The monoisotopic (exact) mass is 475 g/mol. The molecule has 0 saturated carbocycles. The van der Waals surface area contributed by atoms with Crippen LogP contribution in [0, 0.1) is 5.82 Å². The van der Waals surface area contributed by atoms with Crippen LogP contribution in [0.5, 0.6) is 0 Å². The molecule has 1 aliphatic rings. The zero-order valence-corrected chi connectivity index (χ0v) is 19.0. The largest absolute Gasteiger partial charge is 0.348 e. The number of sulfonamides is 1. The zero-order valence-electron chi connectivity index (χ0n) is 18.1. The molecule has 0 radical (unpaired) electrons. The molecule has 0 aliphatic carbocycles. The predicted molar refractivity (Wildman–Crippen MR) is 127 cm³/mol. The van der Waals surface area contributed by atoms with Crippen molar-refractivity contribution in [3.63, 3.8) is 0 Å². The topological polar surface area (TPSA) is 71.4 Å². The SMILES string of the molecule is O=C(c1cccc(S(=O)(=O)Nc2ccccc2F)c1)N1CCn2cccc2C1c1ccccc1. The van der Waals surface area contributed by atoms with E-state index >= 15 is 0 Å². The Kier molecular flexibility index (Phi) is 5.67. The van der Waals surface area contributed by atoms with Crippen molar-refractivity contribution in [2.45, 2.75) is 17.5 Å². The van der Waals surface area contributed by atoms with Gasteiger partial charge in [-0.3, -0.25) is 9.52 Å². The number of benzene rings is 3. The van der Waals surface area contributed by atoms with Crippen LogP contribution in [0.3, 0.4) is 0 Å². The minimum atomic E-state index is -4.09. The van der Waals surface area contributed by atoms with Crippen molar-refractivity contribution in [2.24, 2.45) is 0 Å². The number of amides is 1. The summed E-state index contributed by atoms with van der Waals surface area (Å²) in [7, 11) is -4.09. The number of nitrogens with one attached hydrogen (secondary N) is 1. The van der Waals surface area contributed by atoms with Gasteiger partial charge in [0.2, 0.25) is 0 Å². The quantitative estimate of drug-likeness (QED) is 0.456. The maximum absolute atomic E-state index is 14.0. The lowest BCUT2D eigenvalue weighted by Gasteiger charge is -2.37. The van der Waals surface area contributed by atoms with E-state index in [-0.39, 0.29) is 28.1 Å². The molecule has 2 heterocycles. The molecule has 1 aliphatic heterocycles. The summed E-state index contributed by atoms with van der Waals surface area (Å²) in [5, 5.41) is 0. The molecule has 34 heavy (non-hydrogen) atoms. The number of fused-ring (bicyclic) bond motifs is 1. The number of nitrogens with zero attached hydrogens (tertiary/aromatic N) is 2. The van der Waals surface area contributed by atoms with Gasteiger partial charge in [-0.1, -0.05) is 48.5 Å². The van der Waals surface area contributed by atoms with Crippen molar-refractivity contribution < 1.29 is 17.6 Å². The predicted octanol–water partition coefficient (Wildman–Crippen LogP) is 4.67. The molecule has 4 aromatic rings. The number of hydrogen-bond donors (Lipinski definition) is 1. The first kappa shape index (κ1) is 21.9. The fourth-order valence-corrected chi connectivity index (χ4v) is 5.41. The van der Waals surface area contributed by atoms with E-state index in [1.165, 1.54) is 42.5 Å². The van der Waals surface area contributed by atoms with Crippen LogP contribution in [-0.2, 0) is 16.6 Å². The van der Waals surface area contributed by atoms with Crippen LogP contribution in [-0.4, -0.2) is 30.3 Å². The first-order valence-electron chi connectivity index (χ1n) is 10.8. The highest BCUT2D eigenvalue weighted by Crippen LogP contribution is 2.33. The lowest BCUT2D eigenvalue weighted by atomic mass is 9.99. The van der Waals surface area contributed by atoms with E-state index in [9.17, 15) is 17.6 Å². The highest BCUT2D eigenvalue weighted by molar-refractivity contribution is 7.92. The molecule has 0 saturated heterocycles. The normalized spacial score (nSPS) is 15.6. The number of anilines is 1. The Hall–Kier alpha value is -3.91.